The van der Waals surface area contributed by atoms with Crippen molar-refractivity contribution in [1.29, 1.82) is 0 Å². The van der Waals surface area contributed by atoms with Crippen molar-refractivity contribution in [2.75, 3.05) is 0 Å². The number of fused-ring (bicyclic) bond motifs is 4. The zero-order valence-electron chi connectivity index (χ0n) is 56.6. The van der Waals surface area contributed by atoms with Crippen molar-refractivity contribution in [3.8, 4) is 0 Å². The van der Waals surface area contributed by atoms with Crippen LogP contribution in [0.15, 0.2) is 21.1 Å². The number of nitrogens with zero attached hydrogens (tertiary/aromatic N) is 4. The standard InChI is InChI=1S/C38H62Br2N2S2.C38H64N2S2/c1-5-9-13-17-19-23-27-29(25-21-15-11-7-3)37-41-33-31(39)36-34(32(40)35(33)43-37)42-38(44-36)30(26-22-16-12-8-4)28-24-20-18-14-10-6-2;1-5-9-13-17-19-23-27-31(25-21-15-11-7-3)37-39-33-29-36-34(30-35(33)41-37)40-38(42-36)32(26-22-16-12-8-4)28-24-20-18-14-10-6-2/h29-30H,5-28H2,1-4H3;29-32H,5-28H2,1-4H3. The van der Waals surface area contributed by atoms with Gasteiger partial charge < -0.3 is 0 Å². The normalized spacial score (nSPS) is 13.4. The maximum atomic E-state index is 5.38. The van der Waals surface area contributed by atoms with Crippen LogP contribution in [0.5, 0.6) is 0 Å². The third kappa shape index (κ3) is 27.3. The summed E-state index contributed by atoms with van der Waals surface area (Å²) in [6.07, 6.45) is 64.7. The lowest BCUT2D eigenvalue weighted by Crippen LogP contribution is -1.99. The van der Waals surface area contributed by atoms with E-state index in [0.717, 1.165) is 11.0 Å². The van der Waals surface area contributed by atoms with Crippen molar-refractivity contribution in [3.05, 3.63) is 41.1 Å². The number of benzene rings is 2. The lowest BCUT2D eigenvalue weighted by molar-refractivity contribution is 0.490. The van der Waals surface area contributed by atoms with E-state index in [4.69, 9.17) is 19.9 Å². The Morgan fingerprint density at radius 1 is 0.267 bits per heavy atom. The summed E-state index contributed by atoms with van der Waals surface area (Å²) in [5, 5.41) is 5.48. The molecule has 0 saturated heterocycles. The van der Waals surface area contributed by atoms with Gasteiger partial charge in [0.05, 0.1) is 69.8 Å². The third-order valence-electron chi connectivity index (χ3n) is 18.7. The van der Waals surface area contributed by atoms with Crippen molar-refractivity contribution >= 4 is 118 Å². The molecule has 6 rings (SSSR count). The van der Waals surface area contributed by atoms with E-state index >= 15 is 0 Å². The number of unbranched alkanes of at least 4 members (excludes halogenated alkanes) is 32. The average Bonchev–Trinajstić information content (AvgIpc) is 2.42. The van der Waals surface area contributed by atoms with Gasteiger partial charge in [0.25, 0.3) is 0 Å². The van der Waals surface area contributed by atoms with Gasteiger partial charge in [0.1, 0.15) is 0 Å². The van der Waals surface area contributed by atoms with Crippen molar-refractivity contribution < 1.29 is 0 Å². The Bertz CT molecular complexity index is 2350. The molecular formula is C76H126Br2N4S4. The first-order valence-corrected chi connectivity index (χ1v) is 41.9. The number of hydrogen-bond acceptors (Lipinski definition) is 8. The smallest absolute Gasteiger partial charge is 0.0985 e. The fourth-order valence-corrected chi connectivity index (χ4v) is 19.4. The van der Waals surface area contributed by atoms with E-state index in [9.17, 15) is 0 Å². The number of halogens is 2. The Morgan fingerprint density at radius 3 is 0.698 bits per heavy atom. The summed E-state index contributed by atoms with van der Waals surface area (Å²) >= 11 is 15.9. The molecule has 0 bridgehead atoms. The van der Waals surface area contributed by atoms with E-state index in [1.54, 1.807) is 0 Å². The molecule has 0 aliphatic heterocycles. The number of aromatic nitrogens is 4. The van der Waals surface area contributed by atoms with E-state index < -0.39 is 0 Å². The minimum absolute atomic E-state index is 0.584. The molecule has 0 amide bonds. The van der Waals surface area contributed by atoms with Crippen molar-refractivity contribution in [1.82, 2.24) is 19.9 Å². The van der Waals surface area contributed by atoms with Gasteiger partial charge >= 0.3 is 0 Å². The predicted octanol–water partition coefficient (Wildman–Crippen LogP) is 30.6. The molecule has 4 nitrogen and oxygen atoms in total. The maximum Gasteiger partial charge on any atom is 0.0985 e. The van der Waals surface area contributed by atoms with Crippen LogP contribution in [0, 0.1) is 0 Å². The second-order valence-electron chi connectivity index (χ2n) is 26.4. The van der Waals surface area contributed by atoms with Gasteiger partial charge in [0.15, 0.2) is 0 Å². The second-order valence-corrected chi connectivity index (χ2v) is 32.2. The van der Waals surface area contributed by atoms with Gasteiger partial charge in [-0.2, -0.15) is 0 Å². The summed E-state index contributed by atoms with van der Waals surface area (Å²) < 4.78 is 7.62. The van der Waals surface area contributed by atoms with Crippen LogP contribution in [-0.4, -0.2) is 19.9 Å². The molecule has 86 heavy (non-hydrogen) atoms. The van der Waals surface area contributed by atoms with Gasteiger partial charge in [0, 0.05) is 23.7 Å². The topological polar surface area (TPSA) is 51.6 Å². The number of rotatable bonds is 52. The van der Waals surface area contributed by atoms with Crippen LogP contribution in [0.3, 0.4) is 0 Å². The zero-order chi connectivity index (χ0) is 61.4. The van der Waals surface area contributed by atoms with Crippen molar-refractivity contribution in [2.45, 2.75) is 387 Å². The average molecular weight is 1380 g/mol. The lowest BCUT2D eigenvalue weighted by atomic mass is 9.95. The first kappa shape index (κ1) is 75.7. The molecule has 10 heteroatoms. The number of hydrogen-bond donors (Lipinski definition) is 0. The van der Waals surface area contributed by atoms with Gasteiger partial charge in [-0.3, -0.25) is 0 Å². The zero-order valence-corrected chi connectivity index (χ0v) is 63.0. The molecule has 6 aromatic rings. The Balaban J connectivity index is 0.000000314. The molecule has 0 spiro atoms. The van der Waals surface area contributed by atoms with Gasteiger partial charge in [-0.15, -0.1) is 45.3 Å². The van der Waals surface area contributed by atoms with Crippen molar-refractivity contribution in [3.63, 3.8) is 0 Å². The third-order valence-corrected chi connectivity index (χ3v) is 25.6. The highest BCUT2D eigenvalue weighted by atomic mass is 79.9. The quantitative estimate of drug-likeness (QED) is 0.0357. The fraction of sp³-hybridized carbons (Fsp3) is 0.789. The lowest BCUT2D eigenvalue weighted by Gasteiger charge is -2.14. The van der Waals surface area contributed by atoms with Crippen LogP contribution in [-0.2, 0) is 0 Å². The highest BCUT2D eigenvalue weighted by Crippen LogP contribution is 2.48. The molecule has 488 valence electrons. The molecule has 0 saturated carbocycles. The Morgan fingerprint density at radius 2 is 0.465 bits per heavy atom. The summed E-state index contributed by atoms with van der Waals surface area (Å²) in [6.45, 7) is 18.5. The molecule has 0 N–H and O–H groups in total. The SMILES string of the molecule is CCCCCCCCC(CCCCCC)c1nc2c(Br)c3sc(C(CCCCCC)CCCCCCCC)nc3c(Br)c2s1.CCCCCCCCC(CCCCCC)c1nc2cc3sc(C(CCCCCC)CCCCCCCC)nc3cc2s1. The highest BCUT2D eigenvalue weighted by Gasteiger charge is 2.26. The molecule has 2 aromatic carbocycles. The molecular weight excluding hydrogens is 1260 g/mol. The fourth-order valence-electron chi connectivity index (χ4n) is 13.1. The van der Waals surface area contributed by atoms with Gasteiger partial charge in [0.2, 0.25) is 0 Å². The molecule has 4 aromatic heterocycles. The molecule has 4 unspecified atom stereocenters. The molecule has 4 atom stereocenters. The van der Waals surface area contributed by atoms with Gasteiger partial charge in [-0.25, -0.2) is 19.9 Å². The largest absolute Gasteiger partial charge is 0.241 e. The van der Waals surface area contributed by atoms with Gasteiger partial charge in [-0.05, 0) is 95.4 Å². The van der Waals surface area contributed by atoms with Crippen LogP contribution in [0.2, 0.25) is 0 Å². The summed E-state index contributed by atoms with van der Waals surface area (Å²) in [5.41, 5.74) is 4.73. The Labute approximate surface area is 561 Å². The van der Waals surface area contributed by atoms with E-state index in [1.807, 2.05) is 45.3 Å². The van der Waals surface area contributed by atoms with E-state index in [0.29, 0.717) is 23.7 Å². The predicted molar refractivity (Wildman–Crippen MR) is 399 cm³/mol. The summed E-state index contributed by atoms with van der Waals surface area (Å²) in [4.78, 5) is 21.4. The number of thiazole rings is 4. The summed E-state index contributed by atoms with van der Waals surface area (Å²) in [5.74, 6) is 2.44. The summed E-state index contributed by atoms with van der Waals surface area (Å²) in [7, 11) is 0. The van der Waals surface area contributed by atoms with E-state index in [2.05, 4.69) is 99.4 Å². The van der Waals surface area contributed by atoms with Crippen LogP contribution < -0.4 is 0 Å². The van der Waals surface area contributed by atoms with Crippen LogP contribution in [0.4, 0.5) is 0 Å². The monoisotopic (exact) mass is 1380 g/mol. The first-order valence-electron chi connectivity index (χ1n) is 37.0. The first-order chi connectivity index (χ1) is 42.2. The van der Waals surface area contributed by atoms with Gasteiger partial charge in [-0.1, -0.05) is 312 Å². The summed E-state index contributed by atoms with van der Waals surface area (Å²) in [6, 6.07) is 4.76. The van der Waals surface area contributed by atoms with Crippen molar-refractivity contribution in [2.24, 2.45) is 0 Å². The Hall–Kier alpha value is -1.04. The maximum absolute atomic E-state index is 5.38. The molecule has 0 radical (unpaired) electrons. The van der Waals surface area contributed by atoms with E-state index in [1.165, 1.54) is 367 Å². The minimum atomic E-state index is 0.584. The second kappa shape index (κ2) is 46.9. The molecule has 0 fully saturated rings. The highest BCUT2D eigenvalue weighted by molar-refractivity contribution is 9.11. The van der Waals surface area contributed by atoms with Crippen LogP contribution >= 0.6 is 77.2 Å². The molecule has 0 aliphatic carbocycles. The van der Waals surface area contributed by atoms with E-state index in [-0.39, 0.29) is 0 Å². The molecule has 0 aliphatic rings. The Kier molecular flexibility index (Phi) is 41.3. The van der Waals surface area contributed by atoms with Crippen LogP contribution in [0.25, 0.3) is 40.9 Å². The minimum Gasteiger partial charge on any atom is -0.241 e. The van der Waals surface area contributed by atoms with Crippen LogP contribution in [0.1, 0.15) is 407 Å². The molecule has 4 heterocycles.